The van der Waals surface area contributed by atoms with E-state index in [0.29, 0.717) is 18.7 Å². The Labute approximate surface area is 134 Å². The van der Waals surface area contributed by atoms with Crippen molar-refractivity contribution >= 4 is 5.91 Å². The van der Waals surface area contributed by atoms with Crippen LogP contribution in [0, 0.1) is 5.82 Å². The standard InChI is InChI=1S/C18H19FN2O2/c1-23-17-8-7-13(9-15(17)19)18(22)21-10-14(16(20)11-21)12-5-3-2-4-6-12/h2-9,14,16H,10-11,20H2,1H3/t14-,16+/m0/s1. The second-order valence-electron chi connectivity index (χ2n) is 5.74. The third-order valence-corrected chi connectivity index (χ3v) is 4.28. The Bertz CT molecular complexity index is 705. The van der Waals surface area contributed by atoms with Crippen molar-refractivity contribution < 1.29 is 13.9 Å². The molecule has 0 spiro atoms. The van der Waals surface area contributed by atoms with Crippen molar-refractivity contribution in [3.05, 3.63) is 65.5 Å². The van der Waals surface area contributed by atoms with Gasteiger partial charge in [0.15, 0.2) is 11.6 Å². The van der Waals surface area contributed by atoms with Crippen molar-refractivity contribution in [3.63, 3.8) is 0 Å². The van der Waals surface area contributed by atoms with Crippen LogP contribution < -0.4 is 10.5 Å². The molecule has 0 aliphatic carbocycles. The van der Waals surface area contributed by atoms with Gasteiger partial charge in [-0.15, -0.1) is 0 Å². The number of hydrogen-bond donors (Lipinski definition) is 1. The van der Waals surface area contributed by atoms with Gasteiger partial charge in [0.2, 0.25) is 0 Å². The number of nitrogens with two attached hydrogens (primary N) is 1. The van der Waals surface area contributed by atoms with Crippen molar-refractivity contribution in [1.29, 1.82) is 0 Å². The minimum atomic E-state index is -0.540. The van der Waals surface area contributed by atoms with E-state index in [1.165, 1.54) is 19.2 Å². The lowest BCUT2D eigenvalue weighted by Gasteiger charge is -2.17. The van der Waals surface area contributed by atoms with Crippen LogP contribution in [0.3, 0.4) is 0 Å². The van der Waals surface area contributed by atoms with Crippen molar-refractivity contribution in [3.8, 4) is 5.75 Å². The van der Waals surface area contributed by atoms with Crippen LogP contribution in [0.25, 0.3) is 0 Å². The van der Waals surface area contributed by atoms with Crippen molar-refractivity contribution in [2.75, 3.05) is 20.2 Å². The zero-order chi connectivity index (χ0) is 16.4. The van der Waals surface area contributed by atoms with E-state index >= 15 is 0 Å². The first-order chi connectivity index (χ1) is 11.1. The molecule has 1 saturated heterocycles. The quantitative estimate of drug-likeness (QED) is 0.946. The lowest BCUT2D eigenvalue weighted by molar-refractivity contribution is 0.0788. The van der Waals surface area contributed by atoms with E-state index in [-0.39, 0.29) is 23.6 Å². The molecule has 1 aliphatic heterocycles. The van der Waals surface area contributed by atoms with Gasteiger partial charge in [-0.3, -0.25) is 4.79 Å². The Morgan fingerprint density at radius 2 is 1.96 bits per heavy atom. The number of methoxy groups -OCH3 is 1. The van der Waals surface area contributed by atoms with Crippen LogP contribution in [0.1, 0.15) is 21.8 Å². The zero-order valence-corrected chi connectivity index (χ0v) is 12.9. The molecule has 0 aromatic heterocycles. The third kappa shape index (κ3) is 3.05. The summed E-state index contributed by atoms with van der Waals surface area (Å²) in [5.41, 5.74) is 7.64. The highest BCUT2D eigenvalue weighted by Gasteiger charge is 2.34. The molecule has 2 aromatic carbocycles. The molecular formula is C18H19FN2O2. The van der Waals surface area contributed by atoms with E-state index < -0.39 is 5.82 Å². The first kappa shape index (κ1) is 15.5. The van der Waals surface area contributed by atoms with Crippen LogP contribution in [0.15, 0.2) is 48.5 Å². The summed E-state index contributed by atoms with van der Waals surface area (Å²) < 4.78 is 18.7. The Kier molecular flexibility index (Phi) is 4.30. The van der Waals surface area contributed by atoms with Gasteiger partial charge >= 0.3 is 0 Å². The Balaban J connectivity index is 1.78. The molecule has 0 saturated carbocycles. The molecule has 3 rings (SSSR count). The maximum absolute atomic E-state index is 13.8. The summed E-state index contributed by atoms with van der Waals surface area (Å²) >= 11 is 0. The molecule has 1 amide bonds. The number of benzene rings is 2. The summed E-state index contributed by atoms with van der Waals surface area (Å²) in [6.07, 6.45) is 0. The first-order valence-corrected chi connectivity index (χ1v) is 7.53. The third-order valence-electron chi connectivity index (χ3n) is 4.28. The van der Waals surface area contributed by atoms with Crippen molar-refractivity contribution in [2.45, 2.75) is 12.0 Å². The highest BCUT2D eigenvalue weighted by Crippen LogP contribution is 2.28. The van der Waals surface area contributed by atoms with Gasteiger partial charge in [-0.05, 0) is 23.8 Å². The highest BCUT2D eigenvalue weighted by atomic mass is 19.1. The summed E-state index contributed by atoms with van der Waals surface area (Å²) in [6, 6.07) is 14.0. The van der Waals surface area contributed by atoms with Gasteiger partial charge in [0.1, 0.15) is 0 Å². The molecule has 1 fully saturated rings. The monoisotopic (exact) mass is 314 g/mol. The number of halogens is 1. The number of ether oxygens (including phenoxy) is 1. The molecule has 5 heteroatoms. The van der Waals surface area contributed by atoms with Crippen LogP contribution in [0.2, 0.25) is 0 Å². The molecule has 0 unspecified atom stereocenters. The minimum absolute atomic E-state index is 0.100. The molecule has 0 radical (unpaired) electrons. The molecular weight excluding hydrogens is 295 g/mol. The van der Waals surface area contributed by atoms with Crippen LogP contribution >= 0.6 is 0 Å². The van der Waals surface area contributed by atoms with Gasteiger partial charge in [0, 0.05) is 30.6 Å². The molecule has 0 bridgehead atoms. The highest BCUT2D eigenvalue weighted by molar-refractivity contribution is 5.94. The fraction of sp³-hybridized carbons (Fsp3) is 0.278. The number of carbonyl (C=O) groups excluding carboxylic acids is 1. The van der Waals surface area contributed by atoms with E-state index in [1.54, 1.807) is 11.0 Å². The zero-order valence-electron chi connectivity index (χ0n) is 12.9. The second-order valence-corrected chi connectivity index (χ2v) is 5.74. The summed E-state index contributed by atoms with van der Waals surface area (Å²) in [7, 11) is 1.39. The molecule has 1 heterocycles. The lowest BCUT2D eigenvalue weighted by atomic mass is 9.95. The van der Waals surface area contributed by atoms with E-state index in [4.69, 9.17) is 10.5 Å². The molecule has 2 aromatic rings. The van der Waals surface area contributed by atoms with Crippen LogP contribution in [-0.2, 0) is 0 Å². The SMILES string of the molecule is COc1ccc(C(=O)N2C[C@@H](N)[C@H](c3ccccc3)C2)cc1F. The van der Waals surface area contributed by atoms with E-state index in [0.717, 1.165) is 5.56 Å². The number of rotatable bonds is 3. The fourth-order valence-electron chi connectivity index (χ4n) is 3.03. The average molecular weight is 314 g/mol. The first-order valence-electron chi connectivity index (χ1n) is 7.53. The van der Waals surface area contributed by atoms with E-state index in [9.17, 15) is 9.18 Å². The maximum atomic E-state index is 13.8. The predicted molar refractivity (Wildman–Crippen MR) is 86.0 cm³/mol. The van der Waals surface area contributed by atoms with Crippen LogP contribution in [0.4, 0.5) is 4.39 Å². The smallest absolute Gasteiger partial charge is 0.254 e. The Morgan fingerprint density at radius 3 is 2.61 bits per heavy atom. The maximum Gasteiger partial charge on any atom is 0.254 e. The number of likely N-dealkylation sites (tertiary alicyclic amines) is 1. The molecule has 120 valence electrons. The van der Waals surface area contributed by atoms with Crippen LogP contribution in [-0.4, -0.2) is 37.0 Å². The molecule has 4 nitrogen and oxygen atoms in total. The summed E-state index contributed by atoms with van der Waals surface area (Å²) in [6.45, 7) is 1.00. The van der Waals surface area contributed by atoms with Crippen LogP contribution in [0.5, 0.6) is 5.75 Å². The molecule has 2 atom stereocenters. The molecule has 23 heavy (non-hydrogen) atoms. The molecule has 2 N–H and O–H groups in total. The summed E-state index contributed by atoms with van der Waals surface area (Å²) in [4.78, 5) is 14.3. The molecule has 1 aliphatic rings. The van der Waals surface area contributed by atoms with Gasteiger partial charge < -0.3 is 15.4 Å². The van der Waals surface area contributed by atoms with Gasteiger partial charge in [0.05, 0.1) is 7.11 Å². The number of nitrogens with zero attached hydrogens (tertiary/aromatic N) is 1. The Morgan fingerprint density at radius 1 is 1.22 bits per heavy atom. The topological polar surface area (TPSA) is 55.6 Å². The van der Waals surface area contributed by atoms with Gasteiger partial charge in [-0.25, -0.2) is 4.39 Å². The van der Waals surface area contributed by atoms with Crippen molar-refractivity contribution in [1.82, 2.24) is 4.90 Å². The Hall–Kier alpha value is -2.40. The average Bonchev–Trinajstić information content (AvgIpc) is 2.96. The van der Waals surface area contributed by atoms with Gasteiger partial charge in [0.25, 0.3) is 5.91 Å². The lowest BCUT2D eigenvalue weighted by Crippen LogP contribution is -2.32. The second kappa shape index (κ2) is 6.38. The largest absolute Gasteiger partial charge is 0.494 e. The van der Waals surface area contributed by atoms with Gasteiger partial charge in [-0.2, -0.15) is 0 Å². The van der Waals surface area contributed by atoms with Crippen molar-refractivity contribution in [2.24, 2.45) is 5.73 Å². The summed E-state index contributed by atoms with van der Waals surface area (Å²) in [5.74, 6) is -0.521. The van der Waals surface area contributed by atoms with Gasteiger partial charge in [-0.1, -0.05) is 30.3 Å². The summed E-state index contributed by atoms with van der Waals surface area (Å²) in [5, 5.41) is 0. The fourth-order valence-corrected chi connectivity index (χ4v) is 3.03. The number of hydrogen-bond acceptors (Lipinski definition) is 3. The minimum Gasteiger partial charge on any atom is -0.494 e. The van der Waals surface area contributed by atoms with E-state index in [1.807, 2.05) is 30.3 Å². The predicted octanol–water partition coefficient (Wildman–Crippen LogP) is 2.40. The normalized spacial score (nSPS) is 20.6. The number of amides is 1. The van der Waals surface area contributed by atoms with E-state index in [2.05, 4.69) is 0 Å². The number of carbonyl (C=O) groups is 1.